The second-order valence-corrected chi connectivity index (χ2v) is 12.8. The van der Waals surface area contributed by atoms with Crippen molar-refractivity contribution in [2.75, 3.05) is 18.0 Å². The summed E-state index contributed by atoms with van der Waals surface area (Å²) >= 11 is 3.35. The van der Waals surface area contributed by atoms with E-state index in [9.17, 15) is 22.4 Å². The third-order valence-corrected chi connectivity index (χ3v) is 9.35. The molecule has 11 heteroatoms. The highest BCUT2D eigenvalue weighted by atomic mass is 79.9. The molecule has 226 valence electrons. The molecule has 0 saturated carbocycles. The predicted octanol–water partition coefficient (Wildman–Crippen LogP) is 5.82. The normalized spacial score (nSPS) is 12.7. The first-order valence-corrected chi connectivity index (χ1v) is 15.9. The van der Waals surface area contributed by atoms with E-state index in [1.807, 2.05) is 20.8 Å². The largest absolute Gasteiger partial charge is 0.496 e. The number of carbonyl (C=O) groups excluding carboxylic acids is 2. The van der Waals surface area contributed by atoms with Gasteiger partial charge in [-0.15, -0.1) is 0 Å². The van der Waals surface area contributed by atoms with E-state index < -0.39 is 34.3 Å². The second-order valence-electron chi connectivity index (χ2n) is 10.0. The fraction of sp³-hybridized carbons (Fsp3) is 0.355. The smallest absolute Gasteiger partial charge is 0.264 e. The van der Waals surface area contributed by atoms with Crippen molar-refractivity contribution in [1.29, 1.82) is 0 Å². The van der Waals surface area contributed by atoms with E-state index >= 15 is 0 Å². The van der Waals surface area contributed by atoms with Crippen molar-refractivity contribution in [3.05, 3.63) is 88.1 Å². The maximum Gasteiger partial charge on any atom is 0.264 e. The standard InChI is InChI=1S/C31H37BrFN3O5S/c1-6-22(4)34-31(38)28(7-2)35(19-23-10-12-24(33)13-11-23)30(37)20-36(25-14-8-21(3)9-15-25)42(39,40)26-16-17-29(41-5)27(32)18-26/h8-18,22,28H,6-7,19-20H2,1-5H3,(H,34,38). The highest BCUT2D eigenvalue weighted by Gasteiger charge is 2.34. The van der Waals surface area contributed by atoms with Gasteiger partial charge in [-0.2, -0.15) is 0 Å². The molecule has 3 aromatic rings. The summed E-state index contributed by atoms with van der Waals surface area (Å²) < 4.78 is 48.5. The fourth-order valence-corrected chi connectivity index (χ4v) is 6.45. The number of amides is 2. The van der Waals surface area contributed by atoms with Crippen LogP contribution < -0.4 is 14.4 Å². The molecule has 3 rings (SSSR count). The van der Waals surface area contributed by atoms with Crippen molar-refractivity contribution in [2.45, 2.75) is 64.1 Å². The van der Waals surface area contributed by atoms with Gasteiger partial charge < -0.3 is 15.0 Å². The number of nitrogens with zero attached hydrogens (tertiary/aromatic N) is 2. The molecule has 1 N–H and O–H groups in total. The number of halogens is 2. The minimum atomic E-state index is -4.25. The number of hydrogen-bond acceptors (Lipinski definition) is 5. The van der Waals surface area contributed by atoms with E-state index in [4.69, 9.17) is 4.74 Å². The lowest BCUT2D eigenvalue weighted by Crippen LogP contribution is -2.53. The van der Waals surface area contributed by atoms with Crippen LogP contribution in [0.5, 0.6) is 5.75 Å². The van der Waals surface area contributed by atoms with E-state index in [-0.39, 0.29) is 29.8 Å². The number of benzene rings is 3. The quantitative estimate of drug-likeness (QED) is 0.249. The highest BCUT2D eigenvalue weighted by molar-refractivity contribution is 9.10. The zero-order valence-corrected chi connectivity index (χ0v) is 26.8. The number of sulfonamides is 1. The first kappa shape index (κ1) is 33.1. The Kier molecular flexibility index (Phi) is 11.5. The Morgan fingerprint density at radius 2 is 1.64 bits per heavy atom. The molecule has 0 spiro atoms. The molecule has 0 radical (unpaired) electrons. The Hall–Kier alpha value is -3.44. The lowest BCUT2D eigenvalue weighted by Gasteiger charge is -2.33. The van der Waals surface area contributed by atoms with Crippen LogP contribution in [0.1, 0.15) is 44.7 Å². The predicted molar refractivity (Wildman–Crippen MR) is 165 cm³/mol. The Bertz CT molecular complexity index is 1480. The minimum absolute atomic E-state index is 0.0125. The van der Waals surface area contributed by atoms with Gasteiger partial charge in [0.1, 0.15) is 24.2 Å². The molecular weight excluding hydrogens is 625 g/mol. The first-order valence-electron chi connectivity index (χ1n) is 13.7. The molecule has 2 unspecified atom stereocenters. The van der Waals surface area contributed by atoms with Gasteiger partial charge in [0.15, 0.2) is 0 Å². The SMILES string of the molecule is CCC(C)NC(=O)C(CC)N(Cc1ccc(F)cc1)C(=O)CN(c1ccc(C)cc1)S(=O)(=O)c1ccc(OC)c(Br)c1. The second kappa shape index (κ2) is 14.6. The average Bonchev–Trinajstić information content (AvgIpc) is 2.97. The molecule has 0 bridgehead atoms. The number of methoxy groups -OCH3 is 1. The van der Waals surface area contributed by atoms with Crippen LogP contribution in [0, 0.1) is 12.7 Å². The van der Waals surface area contributed by atoms with Gasteiger partial charge in [0.2, 0.25) is 11.8 Å². The summed E-state index contributed by atoms with van der Waals surface area (Å²) in [5.41, 5.74) is 1.81. The number of nitrogens with one attached hydrogen (secondary N) is 1. The van der Waals surface area contributed by atoms with Crippen LogP contribution in [0.15, 0.2) is 76.1 Å². The van der Waals surface area contributed by atoms with Crippen LogP contribution >= 0.6 is 15.9 Å². The molecule has 2 atom stereocenters. The van der Waals surface area contributed by atoms with Gasteiger partial charge in [0.25, 0.3) is 10.0 Å². The molecule has 0 aliphatic carbocycles. The average molecular weight is 663 g/mol. The molecule has 0 heterocycles. The number of anilines is 1. The molecule has 0 aliphatic rings. The van der Waals surface area contributed by atoms with Gasteiger partial charge in [-0.1, -0.05) is 43.7 Å². The Labute approximate surface area is 256 Å². The molecule has 8 nitrogen and oxygen atoms in total. The molecule has 0 saturated heterocycles. The highest BCUT2D eigenvalue weighted by Crippen LogP contribution is 2.31. The number of aryl methyl sites for hydroxylation is 1. The minimum Gasteiger partial charge on any atom is -0.496 e. The van der Waals surface area contributed by atoms with Crippen molar-refractivity contribution < 1.29 is 27.1 Å². The van der Waals surface area contributed by atoms with E-state index in [1.165, 1.54) is 54.5 Å². The van der Waals surface area contributed by atoms with Gasteiger partial charge in [-0.3, -0.25) is 13.9 Å². The molecular formula is C31H37BrFN3O5S. The van der Waals surface area contributed by atoms with Gasteiger partial charge >= 0.3 is 0 Å². The van der Waals surface area contributed by atoms with Crippen LogP contribution in [0.2, 0.25) is 0 Å². The van der Waals surface area contributed by atoms with Crippen molar-refractivity contribution in [2.24, 2.45) is 0 Å². The summed E-state index contributed by atoms with van der Waals surface area (Å²) in [5.74, 6) is -0.899. The third kappa shape index (κ3) is 8.10. The molecule has 3 aromatic carbocycles. The number of hydrogen-bond donors (Lipinski definition) is 1. The molecule has 42 heavy (non-hydrogen) atoms. The van der Waals surface area contributed by atoms with Crippen LogP contribution in [0.25, 0.3) is 0 Å². The maximum absolute atomic E-state index is 14.1. The van der Waals surface area contributed by atoms with Crippen molar-refractivity contribution in [3.8, 4) is 5.75 Å². The van der Waals surface area contributed by atoms with Crippen molar-refractivity contribution >= 4 is 43.5 Å². The van der Waals surface area contributed by atoms with Gasteiger partial charge in [-0.25, -0.2) is 12.8 Å². The van der Waals surface area contributed by atoms with Crippen LogP contribution in [0.3, 0.4) is 0 Å². The zero-order valence-electron chi connectivity index (χ0n) is 24.4. The van der Waals surface area contributed by atoms with Crippen LogP contribution in [0.4, 0.5) is 10.1 Å². The van der Waals surface area contributed by atoms with Gasteiger partial charge in [0, 0.05) is 12.6 Å². The van der Waals surface area contributed by atoms with Crippen molar-refractivity contribution in [3.63, 3.8) is 0 Å². The summed E-state index contributed by atoms with van der Waals surface area (Å²) in [4.78, 5) is 28.8. The number of rotatable bonds is 13. The summed E-state index contributed by atoms with van der Waals surface area (Å²) in [6, 6.07) is 15.8. The molecule has 0 fully saturated rings. The Morgan fingerprint density at radius 1 is 1.00 bits per heavy atom. The maximum atomic E-state index is 14.1. The molecule has 0 aliphatic heterocycles. The number of carbonyl (C=O) groups is 2. The third-order valence-electron chi connectivity index (χ3n) is 6.97. The Morgan fingerprint density at radius 3 is 2.19 bits per heavy atom. The Balaban J connectivity index is 2.07. The summed E-state index contributed by atoms with van der Waals surface area (Å²) in [5, 5.41) is 2.93. The zero-order chi connectivity index (χ0) is 31.0. The van der Waals surface area contributed by atoms with E-state index in [2.05, 4.69) is 21.2 Å². The molecule has 0 aromatic heterocycles. The summed E-state index contributed by atoms with van der Waals surface area (Å²) in [6.07, 6.45) is 0.989. The van der Waals surface area contributed by atoms with E-state index in [0.29, 0.717) is 27.9 Å². The van der Waals surface area contributed by atoms with Crippen LogP contribution in [-0.4, -0.2) is 50.9 Å². The van der Waals surface area contributed by atoms with Gasteiger partial charge in [-0.05, 0) is 90.6 Å². The van der Waals surface area contributed by atoms with E-state index in [1.54, 1.807) is 31.2 Å². The van der Waals surface area contributed by atoms with E-state index in [0.717, 1.165) is 9.87 Å². The van der Waals surface area contributed by atoms with Crippen LogP contribution in [-0.2, 0) is 26.2 Å². The molecule has 2 amide bonds. The lowest BCUT2D eigenvalue weighted by atomic mass is 10.1. The summed E-state index contributed by atoms with van der Waals surface area (Å²) in [6.45, 7) is 6.89. The van der Waals surface area contributed by atoms with Crippen molar-refractivity contribution in [1.82, 2.24) is 10.2 Å². The lowest BCUT2D eigenvalue weighted by molar-refractivity contribution is -0.140. The first-order chi connectivity index (χ1) is 19.9. The van der Waals surface area contributed by atoms with Gasteiger partial charge in [0.05, 0.1) is 22.2 Å². The summed E-state index contributed by atoms with van der Waals surface area (Å²) in [7, 11) is -2.77. The number of ether oxygens (including phenoxy) is 1. The monoisotopic (exact) mass is 661 g/mol. The topological polar surface area (TPSA) is 96.0 Å². The fourth-order valence-electron chi connectivity index (χ4n) is 4.32.